The Morgan fingerprint density at radius 2 is 2.15 bits per heavy atom. The van der Waals surface area contributed by atoms with Crippen LogP contribution < -0.4 is 4.72 Å². The molecule has 0 unspecified atom stereocenters. The van der Waals surface area contributed by atoms with Gasteiger partial charge in [-0.05, 0) is 42.0 Å². The molecular weight excluding hydrogens is 276 g/mol. The zero-order chi connectivity index (χ0) is 14.3. The molecule has 20 heavy (non-hydrogen) atoms. The van der Waals surface area contributed by atoms with Crippen molar-refractivity contribution in [1.29, 1.82) is 0 Å². The van der Waals surface area contributed by atoms with Crippen LogP contribution in [0.2, 0.25) is 0 Å². The van der Waals surface area contributed by atoms with Crippen LogP contribution in [0.25, 0.3) is 10.9 Å². The van der Waals surface area contributed by atoms with Gasteiger partial charge in [-0.1, -0.05) is 6.07 Å². The van der Waals surface area contributed by atoms with Crippen LogP contribution in [0.5, 0.6) is 0 Å². The van der Waals surface area contributed by atoms with E-state index in [4.69, 9.17) is 0 Å². The molecule has 1 heterocycles. The fraction of sp³-hybridized carbons (Fsp3) is 0.429. The van der Waals surface area contributed by atoms with E-state index in [1.54, 1.807) is 0 Å². The number of hydrogen-bond acceptors (Lipinski definition) is 3. The monoisotopic (exact) mass is 294 g/mol. The van der Waals surface area contributed by atoms with Gasteiger partial charge in [-0.2, -0.15) is 0 Å². The summed E-state index contributed by atoms with van der Waals surface area (Å²) in [7, 11) is -1.28. The molecular formula is C14H18N2O3S. The van der Waals surface area contributed by atoms with Gasteiger partial charge < -0.3 is 9.67 Å². The summed E-state index contributed by atoms with van der Waals surface area (Å²) in [5.74, 6) is 0. The third kappa shape index (κ3) is 2.59. The number of aryl methyl sites for hydroxylation is 1. The Hall–Kier alpha value is -1.37. The van der Waals surface area contributed by atoms with Crippen molar-refractivity contribution < 1.29 is 13.5 Å². The Balaban J connectivity index is 1.73. The predicted molar refractivity (Wildman–Crippen MR) is 77.8 cm³/mol. The Kier molecular flexibility index (Phi) is 3.32. The standard InChI is InChI=1S/C14H18N2O3S/c1-16-7-6-10-8-11(2-5-13(10)16)14(17)9-15-20(18,19)12-3-4-12/h2,5-8,12,14-15,17H,3-4,9H2,1H3/t14-/m1/s1. The Morgan fingerprint density at radius 1 is 1.40 bits per heavy atom. The van der Waals surface area contributed by atoms with Crippen molar-refractivity contribution in [3.63, 3.8) is 0 Å². The fourth-order valence-corrected chi connectivity index (χ4v) is 3.70. The lowest BCUT2D eigenvalue weighted by atomic mass is 10.1. The first kappa shape index (κ1) is 13.6. The summed E-state index contributed by atoms with van der Waals surface area (Å²) in [6, 6.07) is 7.63. The van der Waals surface area contributed by atoms with Crippen molar-refractivity contribution in [3.8, 4) is 0 Å². The molecule has 2 aromatic rings. The zero-order valence-corrected chi connectivity index (χ0v) is 12.1. The van der Waals surface area contributed by atoms with Gasteiger partial charge in [-0.25, -0.2) is 13.1 Å². The second-order valence-electron chi connectivity index (χ2n) is 5.35. The molecule has 1 fully saturated rings. The summed E-state index contributed by atoms with van der Waals surface area (Å²) in [5.41, 5.74) is 1.81. The maximum Gasteiger partial charge on any atom is 0.214 e. The van der Waals surface area contributed by atoms with Crippen LogP contribution in [-0.2, 0) is 17.1 Å². The minimum atomic E-state index is -3.24. The zero-order valence-electron chi connectivity index (χ0n) is 11.3. The number of aliphatic hydroxyl groups is 1. The summed E-state index contributed by atoms with van der Waals surface area (Å²) in [6.07, 6.45) is 2.58. The van der Waals surface area contributed by atoms with Gasteiger partial charge in [0.1, 0.15) is 0 Å². The van der Waals surface area contributed by atoms with Gasteiger partial charge in [0.05, 0.1) is 11.4 Å². The first-order valence-corrected chi connectivity index (χ1v) is 8.23. The molecule has 0 spiro atoms. The summed E-state index contributed by atoms with van der Waals surface area (Å²) < 4.78 is 27.9. The van der Waals surface area contributed by atoms with E-state index in [9.17, 15) is 13.5 Å². The number of aliphatic hydroxyl groups excluding tert-OH is 1. The average molecular weight is 294 g/mol. The van der Waals surface area contributed by atoms with Crippen LogP contribution in [0.1, 0.15) is 24.5 Å². The molecule has 0 radical (unpaired) electrons. The summed E-state index contributed by atoms with van der Waals surface area (Å²) in [4.78, 5) is 0. The largest absolute Gasteiger partial charge is 0.387 e. The molecule has 1 aromatic carbocycles. The van der Waals surface area contributed by atoms with Gasteiger partial charge in [0, 0.05) is 25.3 Å². The predicted octanol–water partition coefficient (Wildman–Crippen LogP) is 1.29. The van der Waals surface area contributed by atoms with Crippen molar-refractivity contribution in [2.75, 3.05) is 6.54 Å². The Labute approximate surface area is 118 Å². The van der Waals surface area contributed by atoms with Crippen LogP contribution in [0.3, 0.4) is 0 Å². The van der Waals surface area contributed by atoms with Gasteiger partial charge in [0.25, 0.3) is 0 Å². The van der Waals surface area contributed by atoms with Gasteiger partial charge in [0.2, 0.25) is 10.0 Å². The average Bonchev–Trinajstić information content (AvgIpc) is 3.22. The van der Waals surface area contributed by atoms with E-state index in [1.165, 1.54) is 0 Å². The molecule has 1 saturated carbocycles. The minimum absolute atomic E-state index is 0.0250. The molecule has 0 amide bonds. The van der Waals surface area contributed by atoms with E-state index >= 15 is 0 Å². The number of aromatic nitrogens is 1. The molecule has 0 aliphatic heterocycles. The molecule has 1 aliphatic rings. The molecule has 1 aromatic heterocycles. The lowest BCUT2D eigenvalue weighted by Crippen LogP contribution is -2.31. The topological polar surface area (TPSA) is 71.3 Å². The second kappa shape index (κ2) is 4.87. The highest BCUT2D eigenvalue weighted by Gasteiger charge is 2.35. The van der Waals surface area contributed by atoms with Gasteiger partial charge in [-0.3, -0.25) is 0 Å². The lowest BCUT2D eigenvalue weighted by molar-refractivity contribution is 0.182. The van der Waals surface area contributed by atoms with E-state index in [0.717, 1.165) is 29.3 Å². The molecule has 108 valence electrons. The van der Waals surface area contributed by atoms with E-state index in [1.807, 2.05) is 42.1 Å². The van der Waals surface area contributed by atoms with Crippen molar-refractivity contribution >= 4 is 20.9 Å². The Bertz CT molecular complexity index is 732. The van der Waals surface area contributed by atoms with Crippen molar-refractivity contribution in [2.45, 2.75) is 24.2 Å². The Morgan fingerprint density at radius 3 is 2.85 bits per heavy atom. The highest BCUT2D eigenvalue weighted by Crippen LogP contribution is 2.28. The highest BCUT2D eigenvalue weighted by atomic mass is 32.2. The first-order chi connectivity index (χ1) is 9.47. The number of benzene rings is 1. The van der Waals surface area contributed by atoms with Crippen LogP contribution in [0.4, 0.5) is 0 Å². The number of nitrogens with one attached hydrogen (secondary N) is 1. The molecule has 3 rings (SSSR count). The molecule has 0 saturated heterocycles. The first-order valence-electron chi connectivity index (χ1n) is 6.69. The van der Waals surface area contributed by atoms with Crippen molar-refractivity contribution in [2.24, 2.45) is 7.05 Å². The number of hydrogen-bond donors (Lipinski definition) is 2. The summed E-state index contributed by atoms with van der Waals surface area (Å²) >= 11 is 0. The normalized spacial score (nSPS) is 17.5. The maximum absolute atomic E-state index is 11.7. The minimum Gasteiger partial charge on any atom is -0.387 e. The highest BCUT2D eigenvalue weighted by molar-refractivity contribution is 7.90. The van der Waals surface area contributed by atoms with E-state index < -0.39 is 16.1 Å². The maximum atomic E-state index is 11.7. The SMILES string of the molecule is Cn1ccc2cc([C@H](O)CNS(=O)(=O)C3CC3)ccc21. The quantitative estimate of drug-likeness (QED) is 0.873. The molecule has 2 N–H and O–H groups in total. The lowest BCUT2D eigenvalue weighted by Gasteiger charge is -2.12. The van der Waals surface area contributed by atoms with Crippen LogP contribution in [0, 0.1) is 0 Å². The molecule has 1 aliphatic carbocycles. The summed E-state index contributed by atoms with van der Waals surface area (Å²) in [5, 5.41) is 10.9. The molecule has 0 bridgehead atoms. The van der Waals surface area contributed by atoms with Gasteiger partial charge in [0.15, 0.2) is 0 Å². The number of rotatable bonds is 5. The summed E-state index contributed by atoms with van der Waals surface area (Å²) in [6.45, 7) is 0.0250. The molecule has 6 heteroatoms. The fourth-order valence-electron chi connectivity index (χ4n) is 2.32. The third-order valence-corrected chi connectivity index (χ3v) is 5.65. The van der Waals surface area contributed by atoms with Gasteiger partial charge >= 0.3 is 0 Å². The van der Waals surface area contributed by atoms with Crippen LogP contribution in [-0.4, -0.2) is 29.9 Å². The van der Waals surface area contributed by atoms with E-state index in [0.29, 0.717) is 0 Å². The molecule has 1 atom stereocenters. The third-order valence-electron chi connectivity index (χ3n) is 3.74. The van der Waals surface area contributed by atoms with Gasteiger partial charge in [-0.15, -0.1) is 0 Å². The van der Waals surface area contributed by atoms with Crippen molar-refractivity contribution in [3.05, 3.63) is 36.0 Å². The number of nitrogens with zero attached hydrogens (tertiary/aromatic N) is 1. The smallest absolute Gasteiger partial charge is 0.214 e. The van der Waals surface area contributed by atoms with Crippen molar-refractivity contribution in [1.82, 2.24) is 9.29 Å². The van der Waals surface area contributed by atoms with E-state index in [-0.39, 0.29) is 11.8 Å². The van der Waals surface area contributed by atoms with Crippen LogP contribution in [0.15, 0.2) is 30.5 Å². The second-order valence-corrected chi connectivity index (χ2v) is 7.40. The molecule has 5 nitrogen and oxygen atoms in total. The van der Waals surface area contributed by atoms with E-state index in [2.05, 4.69) is 4.72 Å². The van der Waals surface area contributed by atoms with Crippen LogP contribution >= 0.6 is 0 Å². The number of sulfonamides is 1. The number of fused-ring (bicyclic) bond motifs is 1.